The van der Waals surface area contributed by atoms with E-state index in [-0.39, 0.29) is 0 Å². The molecule has 0 heterocycles. The van der Waals surface area contributed by atoms with Crippen LogP contribution in [0.1, 0.15) is 0 Å². The maximum Gasteiger partial charge on any atom is 0.154 e. The standard InChI is InChI=1S/C6H4FS/c7-5-3-1-2-4-6(5)8/h1,3-5H. The fourth-order valence-electron chi connectivity index (χ4n) is 0.445. The van der Waals surface area contributed by atoms with Crippen LogP contribution < -0.4 is 0 Å². The van der Waals surface area contributed by atoms with Crippen LogP contribution in [0.2, 0.25) is 0 Å². The fraction of sp³-hybridized carbons (Fsp3) is 0.167. The van der Waals surface area contributed by atoms with Crippen molar-refractivity contribution in [3.8, 4) is 0 Å². The van der Waals surface area contributed by atoms with Gasteiger partial charge in [-0.15, -0.1) is 0 Å². The van der Waals surface area contributed by atoms with E-state index in [9.17, 15) is 4.39 Å². The molecule has 0 amide bonds. The van der Waals surface area contributed by atoms with Gasteiger partial charge in [0.15, 0.2) is 6.17 Å². The van der Waals surface area contributed by atoms with Gasteiger partial charge in [0.1, 0.15) is 0 Å². The van der Waals surface area contributed by atoms with Crippen LogP contribution in [-0.4, -0.2) is 11.0 Å². The Morgan fingerprint density at radius 3 is 2.88 bits per heavy atom. The van der Waals surface area contributed by atoms with Crippen LogP contribution in [0.15, 0.2) is 18.2 Å². The molecule has 1 aliphatic carbocycles. The molecule has 1 atom stereocenters. The summed E-state index contributed by atoms with van der Waals surface area (Å²) in [6, 6.07) is 0. The smallest absolute Gasteiger partial charge is 0.154 e. The second-order valence-electron chi connectivity index (χ2n) is 1.47. The van der Waals surface area contributed by atoms with Gasteiger partial charge in [-0.05, 0) is 18.2 Å². The van der Waals surface area contributed by atoms with Crippen molar-refractivity contribution in [3.05, 3.63) is 24.3 Å². The molecule has 41 valence electrons. The summed E-state index contributed by atoms with van der Waals surface area (Å²) in [7, 11) is 0. The van der Waals surface area contributed by atoms with Crippen molar-refractivity contribution >= 4 is 17.1 Å². The number of hydrogen-bond donors (Lipinski definition) is 0. The zero-order chi connectivity index (χ0) is 5.98. The van der Waals surface area contributed by atoms with E-state index in [2.05, 4.69) is 18.3 Å². The zero-order valence-corrected chi connectivity index (χ0v) is 4.91. The molecule has 1 radical (unpaired) electrons. The highest BCUT2D eigenvalue weighted by Gasteiger charge is 2.06. The lowest BCUT2D eigenvalue weighted by molar-refractivity contribution is 0.496. The summed E-state index contributed by atoms with van der Waals surface area (Å²) in [5.74, 6) is 0. The lowest BCUT2D eigenvalue weighted by atomic mass is 10.2. The molecule has 0 nitrogen and oxygen atoms in total. The molecular formula is C6H4FS. The summed E-state index contributed by atoms with van der Waals surface area (Å²) in [5.41, 5.74) is 0. The molecule has 0 saturated heterocycles. The number of alkyl halides is 1. The van der Waals surface area contributed by atoms with Crippen molar-refractivity contribution in [2.24, 2.45) is 0 Å². The van der Waals surface area contributed by atoms with Crippen molar-refractivity contribution in [1.82, 2.24) is 0 Å². The van der Waals surface area contributed by atoms with Gasteiger partial charge in [-0.25, -0.2) is 4.39 Å². The molecule has 0 aromatic carbocycles. The van der Waals surface area contributed by atoms with Gasteiger partial charge in [-0.1, -0.05) is 18.3 Å². The third kappa shape index (κ3) is 1.01. The molecule has 0 bridgehead atoms. The molecule has 1 unspecified atom stereocenters. The maximum absolute atomic E-state index is 12.3. The van der Waals surface area contributed by atoms with Gasteiger partial charge in [0.2, 0.25) is 0 Å². The van der Waals surface area contributed by atoms with E-state index in [1.54, 1.807) is 0 Å². The minimum Gasteiger partial charge on any atom is -0.237 e. The average molecular weight is 127 g/mol. The van der Waals surface area contributed by atoms with E-state index in [0.717, 1.165) is 0 Å². The fourth-order valence-corrected chi connectivity index (χ4v) is 0.591. The Balaban J connectivity index is 2.74. The van der Waals surface area contributed by atoms with Gasteiger partial charge < -0.3 is 0 Å². The lowest BCUT2D eigenvalue weighted by Crippen LogP contribution is -2.08. The van der Waals surface area contributed by atoms with Gasteiger partial charge in [0.25, 0.3) is 0 Å². The van der Waals surface area contributed by atoms with E-state index < -0.39 is 6.17 Å². The third-order valence-corrected chi connectivity index (χ3v) is 1.20. The molecule has 0 aliphatic heterocycles. The Kier molecular flexibility index (Phi) is 1.53. The highest BCUT2D eigenvalue weighted by atomic mass is 32.1. The van der Waals surface area contributed by atoms with E-state index in [0.29, 0.717) is 4.86 Å². The summed E-state index contributed by atoms with van der Waals surface area (Å²) >= 11 is 4.58. The zero-order valence-electron chi connectivity index (χ0n) is 4.10. The Morgan fingerprint density at radius 1 is 1.75 bits per heavy atom. The SMILES string of the molecule is FC1C=C[C]=CC1=S. The van der Waals surface area contributed by atoms with E-state index in [1.807, 2.05) is 0 Å². The van der Waals surface area contributed by atoms with Crippen LogP contribution in [0.3, 0.4) is 0 Å². The summed E-state index contributed by atoms with van der Waals surface area (Å²) in [4.78, 5) is 0.313. The lowest BCUT2D eigenvalue weighted by Gasteiger charge is -2.00. The number of thiocarbonyl (C=S) groups is 1. The summed E-state index contributed by atoms with van der Waals surface area (Å²) in [5, 5.41) is 0. The first-order chi connectivity index (χ1) is 3.80. The molecule has 0 fully saturated rings. The van der Waals surface area contributed by atoms with Crippen LogP contribution in [-0.2, 0) is 0 Å². The predicted molar refractivity (Wildman–Crippen MR) is 34.4 cm³/mol. The molecule has 0 N–H and O–H groups in total. The minimum atomic E-state index is -1.06. The molecule has 0 aromatic heterocycles. The van der Waals surface area contributed by atoms with Crippen LogP contribution in [0.25, 0.3) is 0 Å². The summed E-state index contributed by atoms with van der Waals surface area (Å²) in [6.45, 7) is 0. The molecule has 2 heteroatoms. The monoisotopic (exact) mass is 127 g/mol. The van der Waals surface area contributed by atoms with E-state index >= 15 is 0 Å². The molecule has 1 rings (SSSR count). The highest BCUT2D eigenvalue weighted by molar-refractivity contribution is 7.80. The molecule has 8 heavy (non-hydrogen) atoms. The van der Waals surface area contributed by atoms with Crippen LogP contribution in [0.5, 0.6) is 0 Å². The number of allylic oxidation sites excluding steroid dienone is 4. The first-order valence-electron chi connectivity index (χ1n) is 2.24. The molecule has 0 aromatic rings. The summed E-state index contributed by atoms with van der Waals surface area (Å²) in [6.07, 6.45) is 5.99. The van der Waals surface area contributed by atoms with E-state index in [1.165, 1.54) is 18.2 Å². The van der Waals surface area contributed by atoms with Crippen LogP contribution in [0.4, 0.5) is 4.39 Å². The minimum absolute atomic E-state index is 0.313. The number of hydrogen-bond acceptors (Lipinski definition) is 1. The Morgan fingerprint density at radius 2 is 2.50 bits per heavy atom. The third-order valence-electron chi connectivity index (χ3n) is 0.859. The van der Waals surface area contributed by atoms with Gasteiger partial charge >= 0.3 is 0 Å². The molecule has 0 saturated carbocycles. The van der Waals surface area contributed by atoms with Crippen molar-refractivity contribution in [2.45, 2.75) is 6.17 Å². The van der Waals surface area contributed by atoms with Gasteiger partial charge in [0, 0.05) is 0 Å². The summed E-state index contributed by atoms with van der Waals surface area (Å²) < 4.78 is 12.3. The van der Waals surface area contributed by atoms with Gasteiger partial charge in [-0.3, -0.25) is 0 Å². The predicted octanol–water partition coefficient (Wildman–Crippen LogP) is 1.62. The topological polar surface area (TPSA) is 0 Å². The molecule has 1 aliphatic rings. The Hall–Kier alpha value is -0.500. The maximum atomic E-state index is 12.3. The van der Waals surface area contributed by atoms with E-state index in [4.69, 9.17) is 0 Å². The second-order valence-corrected chi connectivity index (χ2v) is 1.95. The van der Waals surface area contributed by atoms with Crippen molar-refractivity contribution in [1.29, 1.82) is 0 Å². The molecule has 0 spiro atoms. The largest absolute Gasteiger partial charge is 0.237 e. The Labute approximate surface area is 52.7 Å². The van der Waals surface area contributed by atoms with Gasteiger partial charge in [0.05, 0.1) is 4.86 Å². The Bertz CT molecular complexity index is 158. The normalized spacial score (nSPS) is 26.6. The second kappa shape index (κ2) is 2.18. The molecular weight excluding hydrogens is 123 g/mol. The number of halogens is 1. The highest BCUT2D eigenvalue weighted by Crippen LogP contribution is 2.03. The van der Waals surface area contributed by atoms with Crippen molar-refractivity contribution in [3.63, 3.8) is 0 Å². The van der Waals surface area contributed by atoms with Crippen LogP contribution >= 0.6 is 12.2 Å². The average Bonchev–Trinajstić information content (AvgIpc) is 1.77. The quantitative estimate of drug-likeness (QED) is 0.445. The van der Waals surface area contributed by atoms with Gasteiger partial charge in [-0.2, -0.15) is 0 Å². The van der Waals surface area contributed by atoms with Crippen molar-refractivity contribution < 1.29 is 4.39 Å². The number of rotatable bonds is 0. The first-order valence-corrected chi connectivity index (χ1v) is 2.65. The first kappa shape index (κ1) is 5.63. The van der Waals surface area contributed by atoms with Crippen LogP contribution in [0, 0.1) is 6.08 Å². The van der Waals surface area contributed by atoms with Crippen molar-refractivity contribution in [2.75, 3.05) is 0 Å².